The SMILES string of the molecule is Cc1cn(CC(N)=O)nc1C(c1cccc(NCc2ncc(CN3CCC(S)[C@H](C)C3)cc2C(F)(F)F)c1)C1CCC1. The van der Waals surface area contributed by atoms with Crippen molar-refractivity contribution in [3.63, 3.8) is 0 Å². The van der Waals surface area contributed by atoms with Crippen molar-refractivity contribution >= 4 is 24.2 Å². The van der Waals surface area contributed by atoms with Crippen LogP contribution in [0.4, 0.5) is 18.9 Å². The first-order chi connectivity index (χ1) is 20.0. The molecule has 1 aromatic carbocycles. The highest BCUT2D eigenvalue weighted by molar-refractivity contribution is 7.81. The third-order valence-electron chi connectivity index (χ3n) is 8.60. The lowest BCUT2D eigenvalue weighted by molar-refractivity contribution is -0.138. The van der Waals surface area contributed by atoms with Crippen LogP contribution in [0, 0.1) is 18.8 Å². The minimum Gasteiger partial charge on any atom is -0.379 e. The number of nitrogens with zero attached hydrogens (tertiary/aromatic N) is 4. The number of likely N-dealkylation sites (tertiary alicyclic amines) is 1. The van der Waals surface area contributed by atoms with E-state index in [0.29, 0.717) is 34.9 Å². The van der Waals surface area contributed by atoms with Crippen molar-refractivity contribution in [1.29, 1.82) is 0 Å². The molecule has 0 radical (unpaired) electrons. The van der Waals surface area contributed by atoms with Crippen molar-refractivity contribution < 1.29 is 18.0 Å². The van der Waals surface area contributed by atoms with Crippen molar-refractivity contribution in [1.82, 2.24) is 19.7 Å². The number of thiol groups is 1. The molecule has 1 aliphatic carbocycles. The smallest absolute Gasteiger partial charge is 0.379 e. The van der Waals surface area contributed by atoms with E-state index in [9.17, 15) is 18.0 Å². The van der Waals surface area contributed by atoms with E-state index in [2.05, 4.69) is 34.8 Å². The first kappa shape index (κ1) is 30.4. The van der Waals surface area contributed by atoms with Gasteiger partial charge < -0.3 is 11.1 Å². The van der Waals surface area contributed by atoms with Crippen LogP contribution in [0.5, 0.6) is 0 Å². The largest absolute Gasteiger partial charge is 0.418 e. The Balaban J connectivity index is 1.33. The highest BCUT2D eigenvalue weighted by Gasteiger charge is 2.35. The van der Waals surface area contributed by atoms with E-state index in [1.54, 1.807) is 10.9 Å². The number of carbonyl (C=O) groups is 1. The first-order valence-electron chi connectivity index (χ1n) is 14.6. The van der Waals surface area contributed by atoms with Crippen LogP contribution in [0.15, 0.2) is 42.7 Å². The summed E-state index contributed by atoms with van der Waals surface area (Å²) in [4.78, 5) is 17.9. The lowest BCUT2D eigenvalue weighted by atomic mass is 9.71. The van der Waals surface area contributed by atoms with E-state index >= 15 is 0 Å². The molecule has 0 bridgehead atoms. The van der Waals surface area contributed by atoms with Gasteiger partial charge in [-0.25, -0.2) is 0 Å². The van der Waals surface area contributed by atoms with Gasteiger partial charge in [0.25, 0.3) is 0 Å². The molecule has 0 spiro atoms. The molecule has 226 valence electrons. The average Bonchev–Trinajstić information content (AvgIpc) is 3.25. The topological polar surface area (TPSA) is 89.1 Å². The Kier molecular flexibility index (Phi) is 9.17. The summed E-state index contributed by atoms with van der Waals surface area (Å²) in [6.45, 7) is 6.12. The van der Waals surface area contributed by atoms with Gasteiger partial charge in [-0.15, -0.1) is 0 Å². The highest BCUT2D eigenvalue weighted by atomic mass is 32.1. The molecular weight excluding hydrogens is 561 g/mol. The quantitative estimate of drug-likeness (QED) is 0.257. The Morgan fingerprint density at radius 2 is 2.02 bits per heavy atom. The second-order valence-corrected chi connectivity index (χ2v) is 12.6. The van der Waals surface area contributed by atoms with Crippen molar-refractivity contribution in [2.24, 2.45) is 17.6 Å². The number of pyridine rings is 1. The molecule has 3 atom stereocenters. The predicted molar refractivity (Wildman–Crippen MR) is 160 cm³/mol. The number of nitrogens with two attached hydrogens (primary N) is 1. The van der Waals surface area contributed by atoms with Gasteiger partial charge in [0.15, 0.2) is 0 Å². The second-order valence-electron chi connectivity index (χ2n) is 11.9. The number of rotatable bonds is 10. The number of piperidine rings is 1. The summed E-state index contributed by atoms with van der Waals surface area (Å²) in [5.74, 6) is 0.356. The Hall–Kier alpha value is -3.05. The van der Waals surface area contributed by atoms with Gasteiger partial charge in [-0.05, 0) is 79.5 Å². The number of amides is 1. The first-order valence-corrected chi connectivity index (χ1v) is 15.1. The van der Waals surface area contributed by atoms with Gasteiger partial charge in [-0.2, -0.15) is 30.9 Å². The number of aromatic nitrogens is 3. The highest BCUT2D eigenvalue weighted by Crippen LogP contribution is 2.44. The monoisotopic (exact) mass is 600 g/mol. The summed E-state index contributed by atoms with van der Waals surface area (Å²) >= 11 is 4.60. The van der Waals surface area contributed by atoms with Crippen LogP contribution in [0.2, 0.25) is 0 Å². The van der Waals surface area contributed by atoms with E-state index in [1.165, 1.54) is 6.07 Å². The fourth-order valence-electron chi connectivity index (χ4n) is 6.17. The van der Waals surface area contributed by atoms with Crippen LogP contribution < -0.4 is 11.1 Å². The number of halogens is 3. The molecule has 11 heteroatoms. The molecule has 3 aromatic rings. The van der Waals surface area contributed by atoms with Gasteiger partial charge in [-0.1, -0.05) is 25.5 Å². The van der Waals surface area contributed by atoms with Crippen molar-refractivity contribution in [2.75, 3.05) is 18.4 Å². The number of benzene rings is 1. The van der Waals surface area contributed by atoms with E-state index in [1.807, 2.05) is 37.4 Å². The maximum Gasteiger partial charge on any atom is 0.418 e. The van der Waals surface area contributed by atoms with Gasteiger partial charge in [0.1, 0.15) is 6.54 Å². The van der Waals surface area contributed by atoms with E-state index in [0.717, 1.165) is 55.6 Å². The maximum absolute atomic E-state index is 14.1. The molecule has 42 heavy (non-hydrogen) atoms. The lowest BCUT2D eigenvalue weighted by Gasteiger charge is -2.34. The Morgan fingerprint density at radius 1 is 1.24 bits per heavy atom. The number of nitrogens with one attached hydrogen (secondary N) is 1. The van der Waals surface area contributed by atoms with Gasteiger partial charge >= 0.3 is 6.18 Å². The number of alkyl halides is 3. The van der Waals surface area contributed by atoms with Crippen LogP contribution in [0.3, 0.4) is 0 Å². The number of anilines is 1. The van der Waals surface area contributed by atoms with Crippen molar-refractivity contribution in [3.8, 4) is 0 Å². The molecule has 1 saturated carbocycles. The maximum atomic E-state index is 14.1. The third-order valence-corrected chi connectivity index (χ3v) is 9.37. The number of aryl methyl sites for hydroxylation is 1. The van der Waals surface area contributed by atoms with E-state index in [-0.39, 0.29) is 24.7 Å². The van der Waals surface area contributed by atoms with Crippen LogP contribution in [0.25, 0.3) is 0 Å². The van der Waals surface area contributed by atoms with E-state index in [4.69, 9.17) is 10.8 Å². The van der Waals surface area contributed by atoms with Crippen LogP contribution >= 0.6 is 12.6 Å². The molecular formula is C31H39F3N6OS. The fourth-order valence-corrected chi connectivity index (χ4v) is 6.38. The zero-order valence-corrected chi connectivity index (χ0v) is 25.0. The molecule has 1 amide bonds. The standard InChI is InChI=1S/C31H39F3N6OS/c1-19-15-39(10-9-27(19)42)17-21-11-25(31(32,33)34)26(37-13-21)14-36-24-8-4-7-23(12-24)29(22-5-3-6-22)30-20(2)16-40(38-30)18-28(35)41/h4,7-8,11-13,16,19,22,27,29,36,42H,3,5-6,9-10,14-15,17-18H2,1-2H3,(H2,35,41)/t19-,27?,29?/m1/s1. The molecule has 5 rings (SSSR count). The van der Waals surface area contributed by atoms with Crippen molar-refractivity contribution in [2.45, 2.75) is 76.5 Å². The van der Waals surface area contributed by atoms with Crippen molar-refractivity contribution in [3.05, 3.63) is 76.4 Å². The molecule has 1 aliphatic heterocycles. The van der Waals surface area contributed by atoms with Gasteiger partial charge in [0, 0.05) is 42.3 Å². The minimum absolute atomic E-state index is 0.0143. The molecule has 1 saturated heterocycles. The average molecular weight is 601 g/mol. The normalized spacial score (nSPS) is 20.7. The Bertz CT molecular complexity index is 1410. The predicted octanol–water partition coefficient (Wildman–Crippen LogP) is 5.77. The second kappa shape index (κ2) is 12.7. The summed E-state index contributed by atoms with van der Waals surface area (Å²) in [6, 6.07) is 9.04. The van der Waals surface area contributed by atoms with Crippen LogP contribution in [-0.2, 0) is 30.6 Å². The molecule has 2 aliphatic rings. The molecule has 7 nitrogen and oxygen atoms in total. The summed E-state index contributed by atoms with van der Waals surface area (Å²) in [6.07, 6.45) is 3.10. The van der Waals surface area contributed by atoms with Crippen LogP contribution in [0.1, 0.15) is 72.2 Å². The summed E-state index contributed by atoms with van der Waals surface area (Å²) in [7, 11) is 0. The number of hydrogen-bond acceptors (Lipinski definition) is 6. The summed E-state index contributed by atoms with van der Waals surface area (Å²) < 4.78 is 44.0. The number of carbonyl (C=O) groups excluding carboxylic acids is 1. The van der Waals surface area contributed by atoms with Gasteiger partial charge in [-0.3, -0.25) is 19.4 Å². The fraction of sp³-hybridized carbons (Fsp3) is 0.516. The molecule has 2 unspecified atom stereocenters. The zero-order valence-electron chi connectivity index (χ0n) is 24.1. The minimum atomic E-state index is -4.51. The number of hydrogen-bond donors (Lipinski definition) is 3. The number of primary amides is 1. The molecule has 2 aromatic heterocycles. The van der Waals surface area contributed by atoms with E-state index < -0.39 is 17.6 Å². The lowest BCUT2D eigenvalue weighted by Crippen LogP contribution is -2.39. The Morgan fingerprint density at radius 3 is 2.69 bits per heavy atom. The third kappa shape index (κ3) is 7.11. The molecule has 2 fully saturated rings. The summed E-state index contributed by atoms with van der Waals surface area (Å²) in [5, 5.41) is 8.21. The van der Waals surface area contributed by atoms with Gasteiger partial charge in [0.05, 0.1) is 23.5 Å². The molecule has 3 heterocycles. The Labute approximate surface area is 250 Å². The zero-order chi connectivity index (χ0) is 30.0. The summed E-state index contributed by atoms with van der Waals surface area (Å²) in [5.41, 5.74) is 8.84. The van der Waals surface area contributed by atoms with Crippen LogP contribution in [-0.4, -0.2) is 43.9 Å². The van der Waals surface area contributed by atoms with Gasteiger partial charge in [0.2, 0.25) is 5.91 Å². The molecule has 3 N–H and O–H groups in total.